The van der Waals surface area contributed by atoms with Crippen molar-refractivity contribution in [3.05, 3.63) is 0 Å². The van der Waals surface area contributed by atoms with Crippen molar-refractivity contribution in [2.24, 2.45) is 4.99 Å². The van der Waals surface area contributed by atoms with Crippen LogP contribution in [0.5, 0.6) is 0 Å². The minimum atomic E-state index is -3.06. The Hall–Kier alpha value is -0.900. The molecule has 4 fully saturated rings. The molecule has 0 aliphatic carbocycles. The molecule has 4 aliphatic rings. The second kappa shape index (κ2) is 8.20. The second-order valence-electron chi connectivity index (χ2n) is 7.16. The molecular formula is C16H32N6O2S. The first-order chi connectivity index (χ1) is 12.0. The standard InChI is InChI=1S/C16H32N6O2S/c1-3-25(23,24)22-6-4-14(5-7-22)19-16(17-2)18-12-15-13-20-8-10-21(15)11-9-20/h14-15H,3-13H2,1-2H3,(H2,17,18,19). The first-order valence-corrected chi connectivity index (χ1v) is 11.0. The third kappa shape index (κ3) is 4.64. The van der Waals surface area contributed by atoms with Crippen molar-refractivity contribution < 1.29 is 8.42 Å². The van der Waals surface area contributed by atoms with E-state index in [1.807, 2.05) is 0 Å². The molecule has 0 spiro atoms. The highest BCUT2D eigenvalue weighted by atomic mass is 32.2. The SMILES string of the molecule is CCS(=O)(=O)N1CCC(NC(=NC)NCC2CN3CCN2CC3)CC1. The molecule has 0 aromatic carbocycles. The Morgan fingerprint density at radius 1 is 1.12 bits per heavy atom. The number of piperazine rings is 3. The van der Waals surface area contributed by atoms with Crippen LogP contribution in [0.4, 0.5) is 0 Å². The quantitative estimate of drug-likeness (QED) is 0.474. The molecule has 2 N–H and O–H groups in total. The average molecular weight is 373 g/mol. The predicted octanol–water partition coefficient (Wildman–Crippen LogP) is -1.03. The summed E-state index contributed by atoms with van der Waals surface area (Å²) in [6.07, 6.45) is 1.65. The van der Waals surface area contributed by atoms with E-state index in [1.54, 1.807) is 18.3 Å². The van der Waals surface area contributed by atoms with Crippen molar-refractivity contribution in [1.82, 2.24) is 24.7 Å². The first kappa shape index (κ1) is 18.9. The number of guanidine groups is 1. The number of aliphatic imine (C=N–C) groups is 1. The molecular weight excluding hydrogens is 340 g/mol. The summed E-state index contributed by atoms with van der Waals surface area (Å²) in [7, 11) is -1.26. The normalized spacial score (nSPS) is 31.9. The maximum Gasteiger partial charge on any atom is 0.213 e. The second-order valence-corrected chi connectivity index (χ2v) is 9.42. The summed E-state index contributed by atoms with van der Waals surface area (Å²) in [6, 6.07) is 0.832. The molecule has 2 bridgehead atoms. The van der Waals surface area contributed by atoms with Gasteiger partial charge in [-0.05, 0) is 19.8 Å². The van der Waals surface area contributed by atoms with E-state index in [1.165, 1.54) is 26.2 Å². The van der Waals surface area contributed by atoms with Gasteiger partial charge in [0.1, 0.15) is 0 Å². The van der Waals surface area contributed by atoms with Crippen LogP contribution in [0, 0.1) is 0 Å². The molecule has 0 aromatic heterocycles. The molecule has 0 amide bonds. The molecule has 4 aliphatic heterocycles. The van der Waals surface area contributed by atoms with Crippen molar-refractivity contribution in [3.8, 4) is 0 Å². The Morgan fingerprint density at radius 2 is 1.80 bits per heavy atom. The minimum Gasteiger partial charge on any atom is -0.355 e. The van der Waals surface area contributed by atoms with Crippen LogP contribution in [0.15, 0.2) is 4.99 Å². The van der Waals surface area contributed by atoms with Crippen molar-refractivity contribution in [2.45, 2.75) is 31.8 Å². The fourth-order valence-electron chi connectivity index (χ4n) is 3.98. The monoisotopic (exact) mass is 372 g/mol. The Balaban J connectivity index is 1.43. The van der Waals surface area contributed by atoms with E-state index < -0.39 is 10.0 Å². The molecule has 0 radical (unpaired) electrons. The molecule has 4 saturated heterocycles. The van der Waals surface area contributed by atoms with E-state index in [-0.39, 0.29) is 11.8 Å². The van der Waals surface area contributed by atoms with Crippen molar-refractivity contribution in [2.75, 3.05) is 65.2 Å². The fourth-order valence-corrected chi connectivity index (χ4v) is 5.11. The van der Waals surface area contributed by atoms with Gasteiger partial charge in [-0.15, -0.1) is 0 Å². The average Bonchev–Trinajstić information content (AvgIpc) is 2.66. The van der Waals surface area contributed by atoms with Crippen LogP contribution < -0.4 is 10.6 Å². The first-order valence-electron chi connectivity index (χ1n) is 9.43. The Labute approximate surface area is 151 Å². The number of hydrogen-bond donors (Lipinski definition) is 2. The minimum absolute atomic E-state index is 0.184. The highest BCUT2D eigenvalue weighted by Gasteiger charge is 2.32. The van der Waals surface area contributed by atoms with Gasteiger partial charge in [-0.3, -0.25) is 14.8 Å². The maximum atomic E-state index is 11.9. The van der Waals surface area contributed by atoms with Gasteiger partial charge in [0.2, 0.25) is 10.0 Å². The Morgan fingerprint density at radius 3 is 2.32 bits per heavy atom. The Bertz CT molecular complexity index is 565. The lowest BCUT2D eigenvalue weighted by molar-refractivity contribution is 0.0154. The number of nitrogens with zero attached hydrogens (tertiary/aromatic N) is 4. The topological polar surface area (TPSA) is 80.3 Å². The van der Waals surface area contributed by atoms with E-state index in [0.717, 1.165) is 31.9 Å². The van der Waals surface area contributed by atoms with Crippen LogP contribution in [-0.4, -0.2) is 106 Å². The van der Waals surface area contributed by atoms with Gasteiger partial charge in [0.25, 0.3) is 0 Å². The van der Waals surface area contributed by atoms with E-state index in [2.05, 4.69) is 25.4 Å². The molecule has 4 rings (SSSR count). The lowest BCUT2D eigenvalue weighted by atomic mass is 10.1. The molecule has 1 unspecified atom stereocenters. The van der Waals surface area contributed by atoms with Gasteiger partial charge < -0.3 is 10.6 Å². The Kier molecular flexibility index (Phi) is 6.19. The molecule has 1 atom stereocenters. The maximum absolute atomic E-state index is 11.9. The van der Waals surface area contributed by atoms with Gasteiger partial charge in [0, 0.05) is 71.5 Å². The lowest BCUT2D eigenvalue weighted by Crippen LogP contribution is -2.64. The van der Waals surface area contributed by atoms with Gasteiger partial charge in [-0.2, -0.15) is 0 Å². The van der Waals surface area contributed by atoms with Crippen LogP contribution in [0.2, 0.25) is 0 Å². The molecule has 0 aromatic rings. The summed E-state index contributed by atoms with van der Waals surface area (Å²) in [4.78, 5) is 9.44. The van der Waals surface area contributed by atoms with Crippen LogP contribution in [0.3, 0.4) is 0 Å². The highest BCUT2D eigenvalue weighted by molar-refractivity contribution is 7.89. The van der Waals surface area contributed by atoms with Crippen LogP contribution in [0.25, 0.3) is 0 Å². The molecule has 144 valence electrons. The summed E-state index contributed by atoms with van der Waals surface area (Å²) in [5.41, 5.74) is 0. The van der Waals surface area contributed by atoms with Crippen LogP contribution >= 0.6 is 0 Å². The summed E-state index contributed by atoms with van der Waals surface area (Å²) < 4.78 is 25.5. The van der Waals surface area contributed by atoms with Gasteiger partial charge in [-0.25, -0.2) is 12.7 Å². The summed E-state index contributed by atoms with van der Waals surface area (Å²) >= 11 is 0. The molecule has 9 heteroatoms. The number of piperidine rings is 1. The summed E-state index contributed by atoms with van der Waals surface area (Å²) in [5.74, 6) is 1.01. The van der Waals surface area contributed by atoms with Crippen molar-refractivity contribution in [1.29, 1.82) is 0 Å². The van der Waals surface area contributed by atoms with Crippen molar-refractivity contribution in [3.63, 3.8) is 0 Å². The van der Waals surface area contributed by atoms with Gasteiger partial charge in [0.05, 0.1) is 5.75 Å². The molecule has 0 saturated carbocycles. The van der Waals surface area contributed by atoms with E-state index in [9.17, 15) is 8.42 Å². The van der Waals surface area contributed by atoms with Crippen molar-refractivity contribution >= 4 is 16.0 Å². The van der Waals surface area contributed by atoms with Gasteiger partial charge in [0.15, 0.2) is 5.96 Å². The fraction of sp³-hybridized carbons (Fsp3) is 0.938. The molecule has 8 nitrogen and oxygen atoms in total. The zero-order valence-electron chi connectivity index (χ0n) is 15.4. The molecule has 4 heterocycles. The van der Waals surface area contributed by atoms with Gasteiger partial charge in [-0.1, -0.05) is 0 Å². The predicted molar refractivity (Wildman–Crippen MR) is 100 cm³/mol. The largest absolute Gasteiger partial charge is 0.355 e. The van der Waals surface area contributed by atoms with Crippen LogP contribution in [0.1, 0.15) is 19.8 Å². The summed E-state index contributed by atoms with van der Waals surface area (Å²) in [6.45, 7) is 9.66. The number of fused-ring (bicyclic) bond motifs is 3. The zero-order valence-corrected chi connectivity index (χ0v) is 16.3. The third-order valence-electron chi connectivity index (χ3n) is 5.67. The smallest absolute Gasteiger partial charge is 0.213 e. The zero-order chi connectivity index (χ0) is 17.9. The van der Waals surface area contributed by atoms with E-state index >= 15 is 0 Å². The van der Waals surface area contributed by atoms with Gasteiger partial charge >= 0.3 is 0 Å². The highest BCUT2D eigenvalue weighted by Crippen LogP contribution is 2.16. The van der Waals surface area contributed by atoms with E-state index in [0.29, 0.717) is 19.1 Å². The van der Waals surface area contributed by atoms with E-state index in [4.69, 9.17) is 0 Å². The molecule has 25 heavy (non-hydrogen) atoms. The summed E-state index contributed by atoms with van der Waals surface area (Å²) in [5, 5.41) is 6.93. The number of hydrogen-bond acceptors (Lipinski definition) is 5. The third-order valence-corrected chi connectivity index (χ3v) is 7.56. The van der Waals surface area contributed by atoms with Crippen LogP contribution in [-0.2, 0) is 10.0 Å². The lowest BCUT2D eigenvalue weighted by Gasteiger charge is -2.47. The number of rotatable bonds is 5. The number of nitrogens with one attached hydrogen (secondary N) is 2. The number of sulfonamides is 1.